The summed E-state index contributed by atoms with van der Waals surface area (Å²) in [4.78, 5) is 20.6. The van der Waals surface area contributed by atoms with E-state index >= 15 is 0 Å². The maximum atomic E-state index is 11.9. The number of rotatable bonds is 10. The van der Waals surface area contributed by atoms with Crippen LogP contribution in [0.4, 0.5) is 0 Å². The van der Waals surface area contributed by atoms with Crippen molar-refractivity contribution in [1.29, 1.82) is 0 Å². The molecule has 3 aromatic rings. The van der Waals surface area contributed by atoms with Gasteiger partial charge in [-0.3, -0.25) is 4.79 Å². The van der Waals surface area contributed by atoms with Crippen molar-refractivity contribution in [2.24, 2.45) is 10.1 Å². The van der Waals surface area contributed by atoms with E-state index in [1.165, 1.54) is 18.9 Å². The van der Waals surface area contributed by atoms with Gasteiger partial charge in [-0.25, -0.2) is 9.97 Å². The van der Waals surface area contributed by atoms with Crippen LogP contribution in [0.25, 0.3) is 11.2 Å². The first-order chi connectivity index (χ1) is 16.8. The molecule has 1 aromatic carbocycles. The Labute approximate surface area is 212 Å². The summed E-state index contributed by atoms with van der Waals surface area (Å²) in [5.74, 6) is 0.464. The lowest BCUT2D eigenvalue weighted by Crippen LogP contribution is -2.06. The number of hydrogen-bond donors (Lipinski definition) is 1. The van der Waals surface area contributed by atoms with Gasteiger partial charge in [-0.1, -0.05) is 55.1 Å². The molecule has 0 aliphatic carbocycles. The van der Waals surface area contributed by atoms with Gasteiger partial charge in [0.2, 0.25) is 0 Å². The van der Waals surface area contributed by atoms with Gasteiger partial charge in [-0.15, -0.1) is 0 Å². The van der Waals surface area contributed by atoms with Gasteiger partial charge >= 0.3 is 16.4 Å². The van der Waals surface area contributed by atoms with Crippen LogP contribution in [-0.4, -0.2) is 42.0 Å². The zero-order valence-electron chi connectivity index (χ0n) is 20.3. The number of amides is 1. The molecular weight excluding hydrogens is 490 g/mol. The molecule has 11 heteroatoms. The fourth-order valence-corrected chi connectivity index (χ4v) is 3.66. The van der Waals surface area contributed by atoms with Crippen LogP contribution in [0.15, 0.2) is 34.7 Å². The molecule has 0 saturated carbocycles. The number of carbonyl (C=O) groups is 1. The summed E-state index contributed by atoms with van der Waals surface area (Å²) >= 11 is 6.46. The van der Waals surface area contributed by atoms with Gasteiger partial charge in [-0.05, 0) is 56.1 Å². The predicted octanol–water partition coefficient (Wildman–Crippen LogP) is 4.96. The fraction of sp³-hybridized carbons (Fsp3) is 0.458. The Morgan fingerprint density at radius 2 is 1.86 bits per heavy atom. The Bertz CT molecular complexity index is 1260. The van der Waals surface area contributed by atoms with Gasteiger partial charge in [0.1, 0.15) is 22.8 Å². The second kappa shape index (κ2) is 14.6. The number of nitrogens with two attached hydrogens (primary N) is 1. The molecule has 0 radical (unpaired) electrons. The number of aryl methyl sites for hydroxylation is 1. The Kier molecular flexibility index (Phi) is 11.8. The van der Waals surface area contributed by atoms with E-state index in [-0.39, 0.29) is 5.69 Å². The van der Waals surface area contributed by atoms with Gasteiger partial charge in [0.15, 0.2) is 5.65 Å². The molecule has 0 saturated heterocycles. The van der Waals surface area contributed by atoms with Crippen molar-refractivity contribution in [2.75, 3.05) is 13.2 Å². The van der Waals surface area contributed by atoms with Crippen molar-refractivity contribution < 1.29 is 17.9 Å². The van der Waals surface area contributed by atoms with E-state index in [1.807, 2.05) is 23.6 Å². The largest absolute Gasteiger partial charge is 0.494 e. The second-order valence-electron chi connectivity index (χ2n) is 7.85. The Hall–Kier alpha value is -2.82. The third kappa shape index (κ3) is 8.72. The molecule has 0 bridgehead atoms. The van der Waals surface area contributed by atoms with Crippen LogP contribution in [0, 0.1) is 6.92 Å². The summed E-state index contributed by atoms with van der Waals surface area (Å²) in [6.07, 6.45) is 5.63. The number of imidazole rings is 1. The number of aromatic nitrogens is 3. The number of halogens is 1. The lowest BCUT2D eigenvalue weighted by atomic mass is 10.2. The number of hydrogen-bond acceptors (Lipinski definition) is 7. The van der Waals surface area contributed by atoms with E-state index in [4.69, 9.17) is 22.1 Å². The molecule has 0 fully saturated rings. The first-order valence-electron chi connectivity index (χ1n) is 11.6. The highest BCUT2D eigenvalue weighted by molar-refractivity contribution is 7.62. The van der Waals surface area contributed by atoms with Gasteiger partial charge in [0, 0.05) is 5.02 Å². The van der Waals surface area contributed by atoms with E-state index in [2.05, 4.69) is 28.2 Å². The van der Waals surface area contributed by atoms with Crippen molar-refractivity contribution in [3.63, 3.8) is 0 Å². The van der Waals surface area contributed by atoms with Crippen molar-refractivity contribution in [2.45, 2.75) is 59.4 Å². The zero-order valence-corrected chi connectivity index (χ0v) is 21.9. The van der Waals surface area contributed by atoms with Gasteiger partial charge in [0.25, 0.3) is 0 Å². The molecule has 2 heterocycles. The summed E-state index contributed by atoms with van der Waals surface area (Å²) in [6, 6.07) is 8.54. The molecule has 35 heavy (non-hydrogen) atoms. The number of pyridine rings is 1. The average molecular weight is 522 g/mol. The highest BCUT2D eigenvalue weighted by atomic mass is 35.5. The fourth-order valence-electron chi connectivity index (χ4n) is 3.20. The van der Waals surface area contributed by atoms with Crippen LogP contribution in [0.2, 0.25) is 5.02 Å². The van der Waals surface area contributed by atoms with Crippen molar-refractivity contribution >= 4 is 39.2 Å². The van der Waals surface area contributed by atoms with Crippen LogP contribution >= 0.6 is 11.6 Å². The minimum Gasteiger partial charge on any atom is -0.494 e. The summed E-state index contributed by atoms with van der Waals surface area (Å²) in [5, 5.41) is 0.549. The monoisotopic (exact) mass is 521 g/mol. The van der Waals surface area contributed by atoms with Crippen LogP contribution < -0.4 is 10.5 Å². The standard InChI is InChI=1S/C20H21ClN4O4S.C4H11N/c1-3-4-5-10-29-15-7-6-14(16(21)11-15)12-25-13(2)22-17-8-9-18(23-19(17)25)20(26)24-30(27)28;1-2-3-4-5/h6-9,11H,3-5,10,12H2,1-2H3;2-5H2,1H3. The Morgan fingerprint density at radius 1 is 1.11 bits per heavy atom. The van der Waals surface area contributed by atoms with Crippen molar-refractivity contribution in [3.8, 4) is 5.75 Å². The maximum Gasteiger partial charge on any atom is 0.319 e. The lowest BCUT2D eigenvalue weighted by Gasteiger charge is -2.11. The number of fused-ring (bicyclic) bond motifs is 1. The van der Waals surface area contributed by atoms with Crippen LogP contribution in [0.3, 0.4) is 0 Å². The topological polar surface area (TPSA) is 130 Å². The summed E-state index contributed by atoms with van der Waals surface area (Å²) in [5.41, 5.74) is 6.93. The highest BCUT2D eigenvalue weighted by Crippen LogP contribution is 2.25. The number of unbranched alkanes of at least 4 members (excludes halogenated alkanes) is 3. The SMILES string of the molecule is CCCCCOc1ccc(Cn2c(C)nc3ccc(C(=O)N=S(=O)=O)nc32)c(Cl)c1.CCCCN. The smallest absolute Gasteiger partial charge is 0.319 e. The quantitative estimate of drug-likeness (QED) is 0.373. The van der Waals surface area contributed by atoms with Gasteiger partial charge in [-0.2, -0.15) is 8.42 Å². The number of benzene rings is 1. The molecule has 1 amide bonds. The molecule has 0 aliphatic rings. The predicted molar refractivity (Wildman–Crippen MR) is 137 cm³/mol. The van der Waals surface area contributed by atoms with E-state index in [1.54, 1.807) is 12.1 Å². The Balaban J connectivity index is 0.000000784. The molecule has 2 aromatic heterocycles. The van der Waals surface area contributed by atoms with Gasteiger partial charge < -0.3 is 15.0 Å². The first kappa shape index (κ1) is 28.4. The minimum absolute atomic E-state index is 0.0743. The van der Waals surface area contributed by atoms with E-state index in [9.17, 15) is 13.2 Å². The average Bonchev–Trinajstić information content (AvgIpc) is 3.13. The second-order valence-corrected chi connectivity index (χ2v) is 8.87. The lowest BCUT2D eigenvalue weighted by molar-refractivity contribution is 0.100. The highest BCUT2D eigenvalue weighted by Gasteiger charge is 2.15. The summed E-state index contributed by atoms with van der Waals surface area (Å²) in [7, 11) is -2.84. The third-order valence-electron chi connectivity index (χ3n) is 5.09. The van der Waals surface area contributed by atoms with E-state index < -0.39 is 16.4 Å². The van der Waals surface area contributed by atoms with Crippen LogP contribution in [0.1, 0.15) is 67.8 Å². The Morgan fingerprint density at radius 3 is 2.46 bits per heavy atom. The molecule has 0 spiro atoms. The van der Waals surface area contributed by atoms with Crippen molar-refractivity contribution in [1.82, 2.24) is 14.5 Å². The van der Waals surface area contributed by atoms with E-state index in [0.717, 1.165) is 31.4 Å². The van der Waals surface area contributed by atoms with Crippen LogP contribution in [0.5, 0.6) is 5.75 Å². The number of ether oxygens (including phenoxy) is 1. The maximum absolute atomic E-state index is 11.9. The molecule has 3 rings (SSSR count). The third-order valence-corrected chi connectivity index (χ3v) is 5.75. The van der Waals surface area contributed by atoms with E-state index in [0.29, 0.717) is 40.9 Å². The van der Waals surface area contributed by atoms with Gasteiger partial charge in [0.05, 0.1) is 13.2 Å². The first-order valence-corrected chi connectivity index (χ1v) is 13.0. The summed E-state index contributed by atoms with van der Waals surface area (Å²) in [6.45, 7) is 7.96. The summed E-state index contributed by atoms with van der Waals surface area (Å²) < 4.78 is 31.9. The molecule has 0 atom stereocenters. The minimum atomic E-state index is -2.84. The normalized spacial score (nSPS) is 10.5. The zero-order chi connectivity index (χ0) is 25.8. The molecule has 9 nitrogen and oxygen atoms in total. The number of carbonyl (C=O) groups excluding carboxylic acids is 1. The molecule has 0 aliphatic heterocycles. The van der Waals surface area contributed by atoms with Crippen molar-refractivity contribution in [3.05, 3.63) is 52.4 Å². The number of nitrogens with zero attached hydrogens (tertiary/aromatic N) is 4. The van der Waals surface area contributed by atoms with Crippen LogP contribution in [-0.2, 0) is 17.0 Å². The molecular formula is C24H32ClN5O4S. The molecule has 190 valence electrons. The molecule has 0 unspecified atom stereocenters. The molecule has 2 N–H and O–H groups in total.